The van der Waals surface area contributed by atoms with E-state index < -0.39 is 40.9 Å². The van der Waals surface area contributed by atoms with Crippen LogP contribution in [0.4, 0.5) is 10.1 Å². The Morgan fingerprint density at radius 3 is 2.71 bits per heavy atom. The Morgan fingerprint density at radius 1 is 1.34 bits per heavy atom. The van der Waals surface area contributed by atoms with Crippen LogP contribution in [-0.4, -0.2) is 33.6 Å². The largest absolute Gasteiger partial charge is 0.481 e. The standard InChI is InChI=1S/C23H20ClFN4O5S/c1-26-16-9-15-13(8-14(16)25)22(33)29(23(34)28-15)12-4-2-11(3-5-12)21(32)27-17(10-20(30)31)18-6-7-19(24)35-18/h2,4-9,11,17,26H,3,10H2,1H3,(H,27,32)(H,28,34)(H,30,31). The molecule has 4 rings (SSSR count). The van der Waals surface area contributed by atoms with Gasteiger partial charge in [-0.25, -0.2) is 13.8 Å². The second kappa shape index (κ2) is 9.88. The van der Waals surface area contributed by atoms with E-state index in [0.29, 0.717) is 9.21 Å². The van der Waals surface area contributed by atoms with Gasteiger partial charge in [0.25, 0.3) is 5.56 Å². The molecule has 1 aliphatic carbocycles. The number of carbonyl (C=O) groups is 2. The first-order valence-electron chi connectivity index (χ1n) is 10.5. The summed E-state index contributed by atoms with van der Waals surface area (Å²) < 4.78 is 15.6. The molecule has 2 heterocycles. The number of benzene rings is 1. The van der Waals surface area contributed by atoms with Gasteiger partial charge in [0.1, 0.15) is 5.82 Å². The van der Waals surface area contributed by atoms with Crippen LogP contribution in [0.25, 0.3) is 16.6 Å². The van der Waals surface area contributed by atoms with Crippen LogP contribution in [0.5, 0.6) is 0 Å². The van der Waals surface area contributed by atoms with Crippen molar-refractivity contribution in [1.29, 1.82) is 0 Å². The fraction of sp³-hybridized carbons (Fsp3) is 0.217. The van der Waals surface area contributed by atoms with Crippen LogP contribution in [0, 0.1) is 11.7 Å². The molecule has 0 saturated heterocycles. The van der Waals surface area contributed by atoms with Crippen molar-refractivity contribution in [3.63, 3.8) is 0 Å². The lowest BCUT2D eigenvalue weighted by atomic mass is 9.97. The number of rotatable bonds is 7. The normalized spacial score (nSPS) is 16.1. The first kappa shape index (κ1) is 24.4. The molecule has 0 fully saturated rings. The maximum atomic E-state index is 14.2. The van der Waals surface area contributed by atoms with Gasteiger partial charge in [-0.05, 0) is 36.8 Å². The maximum absolute atomic E-state index is 14.2. The summed E-state index contributed by atoms with van der Waals surface area (Å²) in [6.07, 6.45) is 4.40. The van der Waals surface area contributed by atoms with E-state index in [1.807, 2.05) is 0 Å². The fourth-order valence-corrected chi connectivity index (χ4v) is 4.94. The predicted octanol–water partition coefficient (Wildman–Crippen LogP) is 3.33. The molecule has 182 valence electrons. The van der Waals surface area contributed by atoms with Gasteiger partial charge in [0, 0.05) is 17.6 Å². The number of H-pyrrole nitrogens is 1. The van der Waals surface area contributed by atoms with Crippen LogP contribution >= 0.6 is 22.9 Å². The van der Waals surface area contributed by atoms with Gasteiger partial charge in [-0.1, -0.05) is 23.8 Å². The highest BCUT2D eigenvalue weighted by Gasteiger charge is 2.25. The number of anilines is 1. The number of carboxylic acid groups (broad SMARTS) is 1. The summed E-state index contributed by atoms with van der Waals surface area (Å²) in [6.45, 7) is 0. The Morgan fingerprint density at radius 2 is 2.11 bits per heavy atom. The SMILES string of the molecule is CNc1cc2[nH]c(=O)n(C3=CCC(C(=O)NC(CC(=O)O)c4ccc(Cl)s4)C=C3)c(=O)c2cc1F. The number of amides is 1. The Bertz CT molecular complexity index is 1510. The van der Waals surface area contributed by atoms with Gasteiger partial charge in [0.2, 0.25) is 5.91 Å². The first-order chi connectivity index (χ1) is 16.7. The quantitative estimate of drug-likeness (QED) is 0.379. The average molecular weight is 519 g/mol. The van der Waals surface area contributed by atoms with Crippen molar-refractivity contribution in [2.45, 2.75) is 18.9 Å². The van der Waals surface area contributed by atoms with Crippen LogP contribution in [0.3, 0.4) is 0 Å². The molecule has 3 aromatic rings. The second-order valence-corrected chi connectivity index (χ2v) is 9.58. The number of carbonyl (C=O) groups excluding carboxylic acids is 1. The predicted molar refractivity (Wildman–Crippen MR) is 132 cm³/mol. The highest BCUT2D eigenvalue weighted by Crippen LogP contribution is 2.30. The van der Waals surface area contributed by atoms with Crippen LogP contribution in [0.2, 0.25) is 4.34 Å². The molecule has 35 heavy (non-hydrogen) atoms. The molecule has 0 spiro atoms. The van der Waals surface area contributed by atoms with E-state index in [0.717, 1.165) is 10.6 Å². The van der Waals surface area contributed by atoms with E-state index in [-0.39, 0.29) is 35.1 Å². The Labute approximate surface area is 206 Å². The number of nitrogens with one attached hydrogen (secondary N) is 3. The third kappa shape index (κ3) is 5.05. The number of thiophene rings is 1. The van der Waals surface area contributed by atoms with Gasteiger partial charge in [-0.2, -0.15) is 0 Å². The van der Waals surface area contributed by atoms with Crippen LogP contribution in [0.1, 0.15) is 23.8 Å². The van der Waals surface area contributed by atoms with Crippen molar-refractivity contribution in [1.82, 2.24) is 14.9 Å². The molecule has 4 N–H and O–H groups in total. The molecule has 1 aliphatic rings. The molecular weight excluding hydrogens is 499 g/mol. The number of carboxylic acids is 1. The maximum Gasteiger partial charge on any atom is 0.333 e. The van der Waals surface area contributed by atoms with Gasteiger partial charge in [0.15, 0.2) is 0 Å². The summed E-state index contributed by atoms with van der Waals surface area (Å²) in [4.78, 5) is 52.9. The Kier molecular flexibility index (Phi) is 6.90. The number of aliphatic carboxylic acids is 1. The van der Waals surface area contributed by atoms with E-state index in [2.05, 4.69) is 15.6 Å². The average Bonchev–Trinajstić information content (AvgIpc) is 3.25. The first-order valence-corrected chi connectivity index (χ1v) is 11.7. The van der Waals surface area contributed by atoms with E-state index in [4.69, 9.17) is 11.6 Å². The third-order valence-electron chi connectivity index (χ3n) is 5.56. The molecule has 12 heteroatoms. The Balaban J connectivity index is 1.56. The third-order valence-corrected chi connectivity index (χ3v) is 6.91. The minimum absolute atomic E-state index is 0.00128. The van der Waals surface area contributed by atoms with Crippen LogP contribution in [0.15, 0.2) is 52.1 Å². The van der Waals surface area contributed by atoms with Gasteiger partial charge in [0.05, 0.1) is 39.3 Å². The van der Waals surface area contributed by atoms with E-state index in [1.54, 1.807) is 18.2 Å². The molecule has 0 aliphatic heterocycles. The summed E-state index contributed by atoms with van der Waals surface area (Å²) in [5.41, 5.74) is -0.821. The number of aromatic nitrogens is 2. The highest BCUT2D eigenvalue weighted by molar-refractivity contribution is 7.16. The Hall–Kier alpha value is -3.70. The number of nitrogens with zero attached hydrogens (tertiary/aromatic N) is 1. The van der Waals surface area contributed by atoms with Gasteiger partial charge in [-0.3, -0.25) is 14.4 Å². The molecule has 2 unspecified atom stereocenters. The molecular formula is C23H20ClFN4O5S. The molecule has 9 nitrogen and oxygen atoms in total. The van der Waals surface area contributed by atoms with E-state index in [1.165, 1.54) is 36.6 Å². The zero-order chi connectivity index (χ0) is 25.3. The number of aromatic amines is 1. The van der Waals surface area contributed by atoms with Crippen molar-refractivity contribution >= 4 is 57.1 Å². The molecule has 0 bridgehead atoms. The highest BCUT2D eigenvalue weighted by atomic mass is 35.5. The monoisotopic (exact) mass is 518 g/mol. The lowest BCUT2D eigenvalue weighted by Crippen LogP contribution is -2.36. The summed E-state index contributed by atoms with van der Waals surface area (Å²) in [5, 5.41) is 14.6. The topological polar surface area (TPSA) is 133 Å². The number of halogens is 2. The fourth-order valence-electron chi connectivity index (χ4n) is 3.82. The lowest BCUT2D eigenvalue weighted by molar-refractivity contribution is -0.137. The molecule has 0 radical (unpaired) electrons. The van der Waals surface area contributed by atoms with Crippen LogP contribution in [-0.2, 0) is 9.59 Å². The molecule has 2 atom stereocenters. The number of allylic oxidation sites excluding steroid dienone is 3. The van der Waals surface area contributed by atoms with Crippen molar-refractivity contribution < 1.29 is 19.1 Å². The zero-order valence-corrected chi connectivity index (χ0v) is 19.9. The van der Waals surface area contributed by atoms with Crippen molar-refractivity contribution in [2.75, 3.05) is 12.4 Å². The number of fused-ring (bicyclic) bond motifs is 1. The van der Waals surface area contributed by atoms with E-state index >= 15 is 0 Å². The minimum atomic E-state index is -1.07. The minimum Gasteiger partial charge on any atom is -0.481 e. The molecule has 1 aromatic carbocycles. The van der Waals surface area contributed by atoms with Crippen molar-refractivity contribution in [3.8, 4) is 0 Å². The molecule has 0 saturated carbocycles. The molecule has 2 aromatic heterocycles. The number of hydrogen-bond donors (Lipinski definition) is 4. The summed E-state index contributed by atoms with van der Waals surface area (Å²) in [6, 6.07) is 4.94. The van der Waals surface area contributed by atoms with Gasteiger partial charge >= 0.3 is 11.7 Å². The van der Waals surface area contributed by atoms with E-state index in [9.17, 15) is 28.7 Å². The van der Waals surface area contributed by atoms with Crippen molar-refractivity contribution in [3.05, 3.63) is 78.4 Å². The van der Waals surface area contributed by atoms with Crippen LogP contribution < -0.4 is 21.9 Å². The summed E-state index contributed by atoms with van der Waals surface area (Å²) in [5.74, 6) is -2.76. The number of hydrogen-bond acceptors (Lipinski definition) is 6. The van der Waals surface area contributed by atoms with Crippen molar-refractivity contribution in [2.24, 2.45) is 5.92 Å². The second-order valence-electron chi connectivity index (χ2n) is 7.83. The van der Waals surface area contributed by atoms with Gasteiger partial charge < -0.3 is 20.7 Å². The smallest absolute Gasteiger partial charge is 0.333 e. The summed E-state index contributed by atoms with van der Waals surface area (Å²) in [7, 11) is 1.52. The molecule has 1 amide bonds. The lowest BCUT2D eigenvalue weighted by Gasteiger charge is -2.21. The van der Waals surface area contributed by atoms with Gasteiger partial charge in [-0.15, -0.1) is 11.3 Å². The zero-order valence-electron chi connectivity index (χ0n) is 18.3. The summed E-state index contributed by atoms with van der Waals surface area (Å²) >= 11 is 7.13.